The van der Waals surface area contributed by atoms with Gasteiger partial charge in [0, 0.05) is 0 Å². The Morgan fingerprint density at radius 2 is 1.88 bits per heavy atom. The van der Waals surface area contributed by atoms with E-state index in [2.05, 4.69) is 0 Å². The van der Waals surface area contributed by atoms with E-state index in [1.54, 1.807) is 31.2 Å². The molecule has 1 N–H and O–H groups in total. The lowest BCUT2D eigenvalue weighted by Crippen LogP contribution is -2.19. The molecule has 0 spiro atoms. The van der Waals surface area contributed by atoms with Crippen LogP contribution in [0, 0.1) is 5.92 Å². The van der Waals surface area contributed by atoms with Crippen LogP contribution in [0.4, 0.5) is 0 Å². The summed E-state index contributed by atoms with van der Waals surface area (Å²) in [6.07, 6.45) is 0.642. The first-order chi connectivity index (χ1) is 8.20. The molecule has 0 fully saturated rings. The van der Waals surface area contributed by atoms with E-state index in [9.17, 15) is 9.90 Å². The van der Waals surface area contributed by atoms with Gasteiger partial charge in [0.1, 0.15) is 0 Å². The number of aliphatic hydroxyl groups excluding tert-OH is 1. The van der Waals surface area contributed by atoms with Gasteiger partial charge in [0.2, 0.25) is 5.78 Å². The highest BCUT2D eigenvalue weighted by Crippen LogP contribution is 2.24. The van der Waals surface area contributed by atoms with Crippen molar-refractivity contribution >= 4 is 5.78 Å². The van der Waals surface area contributed by atoms with Crippen molar-refractivity contribution < 1.29 is 14.3 Å². The molecule has 0 aliphatic heterocycles. The number of benzene rings is 1. The number of furan rings is 1. The second kappa shape index (κ2) is 4.97. The number of carbonyl (C=O) groups excluding carboxylic acids is 1. The maximum absolute atomic E-state index is 12.0. The van der Waals surface area contributed by atoms with E-state index < -0.39 is 12.0 Å². The van der Waals surface area contributed by atoms with Crippen molar-refractivity contribution in [2.75, 3.05) is 0 Å². The molecule has 17 heavy (non-hydrogen) atoms. The van der Waals surface area contributed by atoms with Crippen molar-refractivity contribution in [3.8, 4) is 0 Å². The summed E-state index contributed by atoms with van der Waals surface area (Å²) >= 11 is 0. The van der Waals surface area contributed by atoms with Crippen LogP contribution >= 0.6 is 0 Å². The smallest absolute Gasteiger partial charge is 0.203 e. The Kier molecular flexibility index (Phi) is 3.40. The van der Waals surface area contributed by atoms with Gasteiger partial charge in [-0.3, -0.25) is 4.79 Å². The van der Waals surface area contributed by atoms with Crippen molar-refractivity contribution in [3.63, 3.8) is 0 Å². The predicted octanol–water partition coefficient (Wildman–Crippen LogP) is 2.83. The summed E-state index contributed by atoms with van der Waals surface area (Å²) in [5.41, 5.74) is 0.736. The molecule has 88 valence electrons. The minimum atomic E-state index is -0.811. The van der Waals surface area contributed by atoms with Gasteiger partial charge in [0.15, 0.2) is 5.76 Å². The summed E-state index contributed by atoms with van der Waals surface area (Å²) < 4.78 is 5.04. The zero-order valence-electron chi connectivity index (χ0n) is 9.54. The van der Waals surface area contributed by atoms with E-state index in [4.69, 9.17) is 4.42 Å². The first kappa shape index (κ1) is 11.6. The molecule has 0 aliphatic rings. The molecule has 3 nitrogen and oxygen atoms in total. The Bertz CT molecular complexity index is 473. The fourth-order valence-electron chi connectivity index (χ4n) is 1.73. The van der Waals surface area contributed by atoms with E-state index in [1.165, 1.54) is 6.26 Å². The second-order valence-corrected chi connectivity index (χ2v) is 3.99. The van der Waals surface area contributed by atoms with Crippen LogP contribution in [0.3, 0.4) is 0 Å². The van der Waals surface area contributed by atoms with Crippen LogP contribution in [0.15, 0.2) is 53.1 Å². The van der Waals surface area contributed by atoms with Gasteiger partial charge >= 0.3 is 0 Å². The van der Waals surface area contributed by atoms with Crippen LogP contribution in [0.5, 0.6) is 0 Å². The monoisotopic (exact) mass is 230 g/mol. The summed E-state index contributed by atoms with van der Waals surface area (Å²) in [5.74, 6) is -0.428. The number of Topliss-reactive ketones (excluding diaryl/α,β-unsaturated/α-hetero) is 1. The van der Waals surface area contributed by atoms with Gasteiger partial charge in [-0.25, -0.2) is 0 Å². The summed E-state index contributed by atoms with van der Waals surface area (Å²) in [7, 11) is 0. The maximum atomic E-state index is 12.0. The highest BCUT2D eigenvalue weighted by atomic mass is 16.3. The number of ketones is 1. The first-order valence-corrected chi connectivity index (χ1v) is 5.51. The summed E-state index contributed by atoms with van der Waals surface area (Å²) in [4.78, 5) is 12.0. The Morgan fingerprint density at radius 1 is 1.18 bits per heavy atom. The molecular weight excluding hydrogens is 216 g/mol. The largest absolute Gasteiger partial charge is 0.461 e. The zero-order chi connectivity index (χ0) is 12.3. The van der Waals surface area contributed by atoms with Gasteiger partial charge < -0.3 is 9.52 Å². The average Bonchev–Trinajstić information content (AvgIpc) is 2.91. The first-order valence-electron chi connectivity index (χ1n) is 5.51. The third kappa shape index (κ3) is 2.45. The molecule has 2 unspecified atom stereocenters. The Labute approximate surface area is 99.7 Å². The van der Waals surface area contributed by atoms with Crippen molar-refractivity contribution in [2.24, 2.45) is 5.92 Å². The highest BCUT2D eigenvalue weighted by molar-refractivity contribution is 5.95. The van der Waals surface area contributed by atoms with Gasteiger partial charge in [0.25, 0.3) is 0 Å². The lowest BCUT2D eigenvalue weighted by Gasteiger charge is -2.16. The van der Waals surface area contributed by atoms with E-state index in [-0.39, 0.29) is 11.5 Å². The number of carbonyl (C=O) groups is 1. The van der Waals surface area contributed by atoms with Gasteiger partial charge in [-0.05, 0) is 17.7 Å². The summed E-state index contributed by atoms with van der Waals surface area (Å²) in [5, 5.41) is 10.1. The zero-order valence-corrected chi connectivity index (χ0v) is 9.54. The molecule has 0 radical (unpaired) electrons. The molecule has 3 heteroatoms. The SMILES string of the molecule is CC(C(=O)c1ccco1)C(O)c1ccccc1. The third-order valence-corrected chi connectivity index (χ3v) is 2.79. The predicted molar refractivity (Wildman–Crippen MR) is 63.6 cm³/mol. The van der Waals surface area contributed by atoms with Gasteiger partial charge in [-0.2, -0.15) is 0 Å². The lowest BCUT2D eigenvalue weighted by molar-refractivity contribution is 0.0687. The molecule has 1 aromatic heterocycles. The van der Waals surface area contributed by atoms with Crippen LogP contribution in [-0.2, 0) is 0 Å². The lowest BCUT2D eigenvalue weighted by atomic mass is 9.93. The summed E-state index contributed by atoms with van der Waals surface area (Å²) in [6, 6.07) is 12.4. The maximum Gasteiger partial charge on any atom is 0.203 e. The fourth-order valence-corrected chi connectivity index (χ4v) is 1.73. The minimum absolute atomic E-state index is 0.189. The molecule has 1 aromatic carbocycles. The molecule has 1 heterocycles. The van der Waals surface area contributed by atoms with Crippen LogP contribution < -0.4 is 0 Å². The van der Waals surface area contributed by atoms with Crippen LogP contribution in [0.2, 0.25) is 0 Å². The number of aliphatic hydroxyl groups is 1. The number of hydrogen-bond donors (Lipinski definition) is 1. The normalized spacial score (nSPS) is 14.2. The molecule has 2 aromatic rings. The van der Waals surface area contributed by atoms with Gasteiger partial charge in [-0.1, -0.05) is 37.3 Å². The Morgan fingerprint density at radius 3 is 2.47 bits per heavy atom. The summed E-state index contributed by atoms with van der Waals surface area (Å²) in [6.45, 7) is 1.70. The molecule has 0 saturated heterocycles. The Balaban J connectivity index is 2.15. The third-order valence-electron chi connectivity index (χ3n) is 2.79. The van der Waals surface area contributed by atoms with Gasteiger partial charge in [-0.15, -0.1) is 0 Å². The fraction of sp³-hybridized carbons (Fsp3) is 0.214. The molecule has 0 aliphatic carbocycles. The van der Waals surface area contributed by atoms with Crippen LogP contribution in [0.25, 0.3) is 0 Å². The highest BCUT2D eigenvalue weighted by Gasteiger charge is 2.25. The molecule has 2 rings (SSSR count). The van der Waals surface area contributed by atoms with E-state index in [0.29, 0.717) is 0 Å². The molecule has 0 amide bonds. The second-order valence-electron chi connectivity index (χ2n) is 3.99. The molecular formula is C14H14O3. The molecule has 0 bridgehead atoms. The average molecular weight is 230 g/mol. The van der Waals surface area contributed by atoms with E-state index in [1.807, 2.05) is 18.2 Å². The van der Waals surface area contributed by atoms with Crippen molar-refractivity contribution in [3.05, 3.63) is 60.1 Å². The van der Waals surface area contributed by atoms with E-state index >= 15 is 0 Å². The quantitative estimate of drug-likeness (QED) is 0.821. The Hall–Kier alpha value is -1.87. The minimum Gasteiger partial charge on any atom is -0.461 e. The van der Waals surface area contributed by atoms with Crippen LogP contribution in [-0.4, -0.2) is 10.9 Å². The van der Waals surface area contributed by atoms with Crippen molar-refractivity contribution in [1.82, 2.24) is 0 Å². The van der Waals surface area contributed by atoms with Gasteiger partial charge in [0.05, 0.1) is 18.3 Å². The van der Waals surface area contributed by atoms with E-state index in [0.717, 1.165) is 5.56 Å². The molecule has 0 saturated carbocycles. The van der Waals surface area contributed by atoms with Crippen molar-refractivity contribution in [1.29, 1.82) is 0 Å². The number of hydrogen-bond acceptors (Lipinski definition) is 3. The molecule has 2 atom stereocenters. The standard InChI is InChI=1S/C14H14O3/c1-10(14(16)12-8-5-9-17-12)13(15)11-6-3-2-4-7-11/h2-10,13,15H,1H3. The number of rotatable bonds is 4. The topological polar surface area (TPSA) is 50.4 Å². The van der Waals surface area contributed by atoms with Crippen molar-refractivity contribution in [2.45, 2.75) is 13.0 Å². The van der Waals surface area contributed by atoms with Crippen LogP contribution in [0.1, 0.15) is 29.1 Å².